The maximum absolute atomic E-state index is 5.79. The van der Waals surface area contributed by atoms with Crippen LogP contribution < -0.4 is 5.73 Å². The third-order valence-corrected chi connectivity index (χ3v) is 2.67. The molecule has 0 amide bonds. The summed E-state index contributed by atoms with van der Waals surface area (Å²) in [6.45, 7) is 0.728. The lowest BCUT2D eigenvalue weighted by Gasteiger charge is -2.02. The molecule has 0 unspecified atom stereocenters. The van der Waals surface area contributed by atoms with Crippen LogP contribution in [-0.2, 0) is 6.54 Å². The second-order valence-corrected chi connectivity index (χ2v) is 3.56. The van der Waals surface area contributed by atoms with Crippen LogP contribution in [0.3, 0.4) is 0 Å². The van der Waals surface area contributed by atoms with E-state index in [1.54, 1.807) is 0 Å². The molecule has 0 fully saturated rings. The molecule has 2 aromatic carbocycles. The fraction of sp³-hybridized carbons (Fsp3) is 0.0833. The smallest absolute Gasteiger partial charge is 0.126 e. The summed E-state index contributed by atoms with van der Waals surface area (Å²) in [5.41, 5.74) is 8.13. The minimum absolute atomic E-state index is 0.672. The van der Waals surface area contributed by atoms with Crippen molar-refractivity contribution in [1.29, 1.82) is 0 Å². The predicted molar refractivity (Wildman–Crippen MR) is 58.4 cm³/mol. The van der Waals surface area contributed by atoms with Gasteiger partial charge in [-0.25, -0.2) is 0 Å². The summed E-state index contributed by atoms with van der Waals surface area (Å²) in [7, 11) is 0. The highest BCUT2D eigenvalue weighted by molar-refractivity contribution is 6.04. The SMILES string of the molecule is NC1=NCc2cc3ccccc3cc21. The van der Waals surface area contributed by atoms with Crippen LogP contribution in [0.15, 0.2) is 41.4 Å². The van der Waals surface area contributed by atoms with Crippen LogP contribution in [0.4, 0.5) is 0 Å². The van der Waals surface area contributed by atoms with Crippen LogP contribution in [0.1, 0.15) is 11.1 Å². The van der Waals surface area contributed by atoms with Gasteiger partial charge >= 0.3 is 0 Å². The highest BCUT2D eigenvalue weighted by Gasteiger charge is 2.13. The van der Waals surface area contributed by atoms with Gasteiger partial charge in [0.15, 0.2) is 0 Å². The Morgan fingerprint density at radius 2 is 1.79 bits per heavy atom. The second kappa shape index (κ2) is 2.58. The van der Waals surface area contributed by atoms with Crippen LogP contribution in [0.2, 0.25) is 0 Å². The van der Waals surface area contributed by atoms with Crippen molar-refractivity contribution in [3.63, 3.8) is 0 Å². The molecule has 0 atom stereocenters. The van der Waals surface area contributed by atoms with Gasteiger partial charge in [-0.3, -0.25) is 4.99 Å². The molecule has 0 aliphatic carbocycles. The van der Waals surface area contributed by atoms with E-state index in [0.717, 1.165) is 12.1 Å². The van der Waals surface area contributed by atoms with Crippen molar-refractivity contribution in [2.75, 3.05) is 0 Å². The molecule has 1 aliphatic heterocycles. The van der Waals surface area contributed by atoms with Crippen molar-refractivity contribution >= 4 is 16.6 Å². The molecule has 0 saturated carbocycles. The largest absolute Gasteiger partial charge is 0.383 e. The molecular weight excluding hydrogens is 172 g/mol. The Hall–Kier alpha value is -1.83. The minimum Gasteiger partial charge on any atom is -0.383 e. The number of nitrogens with zero attached hydrogens (tertiary/aromatic N) is 1. The van der Waals surface area contributed by atoms with E-state index >= 15 is 0 Å². The van der Waals surface area contributed by atoms with Gasteiger partial charge in [-0.1, -0.05) is 24.3 Å². The number of rotatable bonds is 0. The van der Waals surface area contributed by atoms with Crippen molar-refractivity contribution in [2.45, 2.75) is 6.54 Å². The average Bonchev–Trinajstić information content (AvgIpc) is 2.57. The monoisotopic (exact) mass is 182 g/mol. The maximum atomic E-state index is 5.79. The Morgan fingerprint density at radius 1 is 1.07 bits per heavy atom. The lowest BCUT2D eigenvalue weighted by atomic mass is 10.0. The minimum atomic E-state index is 0.672. The molecule has 1 heterocycles. The number of nitrogens with two attached hydrogens (primary N) is 1. The Balaban J connectivity index is 2.37. The number of hydrogen-bond acceptors (Lipinski definition) is 2. The Bertz CT molecular complexity index is 541. The van der Waals surface area contributed by atoms with Gasteiger partial charge in [-0.05, 0) is 28.5 Å². The fourth-order valence-electron chi connectivity index (χ4n) is 1.91. The summed E-state index contributed by atoms with van der Waals surface area (Å²) < 4.78 is 0. The molecular formula is C12H10N2. The molecule has 3 rings (SSSR count). The molecule has 0 bridgehead atoms. The summed E-state index contributed by atoms with van der Waals surface area (Å²) in [5, 5.41) is 2.49. The number of fused-ring (bicyclic) bond motifs is 2. The number of hydrogen-bond donors (Lipinski definition) is 1. The van der Waals surface area contributed by atoms with Crippen molar-refractivity contribution < 1.29 is 0 Å². The van der Waals surface area contributed by atoms with Crippen molar-refractivity contribution in [3.8, 4) is 0 Å². The third kappa shape index (κ3) is 0.940. The van der Waals surface area contributed by atoms with Gasteiger partial charge in [-0.2, -0.15) is 0 Å². The van der Waals surface area contributed by atoms with Crippen LogP contribution in [-0.4, -0.2) is 5.84 Å². The molecule has 0 spiro atoms. The van der Waals surface area contributed by atoms with Crippen molar-refractivity contribution in [1.82, 2.24) is 0 Å². The summed E-state index contributed by atoms with van der Waals surface area (Å²) in [6.07, 6.45) is 0. The number of amidine groups is 1. The van der Waals surface area contributed by atoms with Crippen LogP contribution >= 0.6 is 0 Å². The normalized spacial score (nSPS) is 14.1. The maximum Gasteiger partial charge on any atom is 0.126 e. The Labute approximate surface area is 82.1 Å². The first-order chi connectivity index (χ1) is 6.84. The second-order valence-electron chi connectivity index (χ2n) is 3.56. The highest BCUT2D eigenvalue weighted by atomic mass is 14.9. The molecule has 0 saturated heterocycles. The lowest BCUT2D eigenvalue weighted by Crippen LogP contribution is -2.10. The molecule has 2 nitrogen and oxygen atoms in total. The molecule has 0 aromatic heterocycles. The first-order valence-corrected chi connectivity index (χ1v) is 4.66. The summed E-state index contributed by atoms with van der Waals surface area (Å²) in [6, 6.07) is 12.6. The zero-order valence-corrected chi connectivity index (χ0v) is 7.70. The van der Waals surface area contributed by atoms with Crippen LogP contribution in [0.25, 0.3) is 10.8 Å². The van der Waals surface area contributed by atoms with E-state index in [1.165, 1.54) is 16.3 Å². The van der Waals surface area contributed by atoms with Gasteiger partial charge in [0.2, 0.25) is 0 Å². The molecule has 2 N–H and O–H groups in total. The van der Waals surface area contributed by atoms with Crippen molar-refractivity contribution in [2.24, 2.45) is 10.7 Å². The highest BCUT2D eigenvalue weighted by Crippen LogP contribution is 2.23. The molecule has 2 heteroatoms. The quantitative estimate of drug-likeness (QED) is 0.665. The standard InChI is InChI=1S/C12H10N2/c13-12-11-6-9-4-2-1-3-8(9)5-10(11)7-14-12/h1-6H,7H2,(H2,13,14). The summed E-state index contributed by atoms with van der Waals surface area (Å²) in [5.74, 6) is 0.672. The number of benzene rings is 2. The average molecular weight is 182 g/mol. The van der Waals surface area contributed by atoms with Crippen molar-refractivity contribution in [3.05, 3.63) is 47.5 Å². The van der Waals surface area contributed by atoms with Gasteiger partial charge in [0.05, 0.1) is 6.54 Å². The van der Waals surface area contributed by atoms with Crippen LogP contribution in [0, 0.1) is 0 Å². The van der Waals surface area contributed by atoms with Gasteiger partial charge in [-0.15, -0.1) is 0 Å². The summed E-state index contributed by atoms with van der Waals surface area (Å²) >= 11 is 0. The summed E-state index contributed by atoms with van der Waals surface area (Å²) in [4.78, 5) is 4.22. The first kappa shape index (κ1) is 7.56. The zero-order chi connectivity index (χ0) is 9.54. The van der Waals surface area contributed by atoms with Gasteiger partial charge in [0.1, 0.15) is 5.84 Å². The molecule has 0 radical (unpaired) electrons. The Kier molecular flexibility index (Phi) is 1.39. The first-order valence-electron chi connectivity index (χ1n) is 4.66. The van der Waals surface area contributed by atoms with Gasteiger partial charge in [0.25, 0.3) is 0 Å². The molecule has 68 valence electrons. The topological polar surface area (TPSA) is 38.4 Å². The lowest BCUT2D eigenvalue weighted by molar-refractivity contribution is 1.11. The van der Waals surface area contributed by atoms with Gasteiger partial charge in [0, 0.05) is 5.56 Å². The van der Waals surface area contributed by atoms with E-state index in [2.05, 4.69) is 29.3 Å². The molecule has 1 aliphatic rings. The predicted octanol–water partition coefficient (Wildman–Crippen LogP) is 2.06. The van der Waals surface area contributed by atoms with E-state index in [0.29, 0.717) is 5.84 Å². The number of aliphatic imine (C=N–C) groups is 1. The molecule has 14 heavy (non-hydrogen) atoms. The zero-order valence-electron chi connectivity index (χ0n) is 7.70. The van der Waals surface area contributed by atoms with Gasteiger partial charge < -0.3 is 5.73 Å². The van der Waals surface area contributed by atoms with E-state index in [1.807, 2.05) is 12.1 Å². The van der Waals surface area contributed by atoms with Crippen LogP contribution in [0.5, 0.6) is 0 Å². The molecule has 2 aromatic rings. The third-order valence-electron chi connectivity index (χ3n) is 2.67. The fourth-order valence-corrected chi connectivity index (χ4v) is 1.91. The Morgan fingerprint density at radius 3 is 2.57 bits per heavy atom. The van der Waals surface area contributed by atoms with E-state index in [-0.39, 0.29) is 0 Å². The van der Waals surface area contributed by atoms with E-state index in [9.17, 15) is 0 Å². The van der Waals surface area contributed by atoms with E-state index in [4.69, 9.17) is 5.73 Å². The van der Waals surface area contributed by atoms with E-state index < -0.39 is 0 Å².